The van der Waals surface area contributed by atoms with E-state index in [1.54, 1.807) is 0 Å². The number of fused-ring (bicyclic) bond motifs is 2. The highest BCUT2D eigenvalue weighted by Gasteiger charge is 2.28. The average Bonchev–Trinajstić information content (AvgIpc) is 3.80. The van der Waals surface area contributed by atoms with Crippen LogP contribution in [0, 0.1) is 6.92 Å². The van der Waals surface area contributed by atoms with Gasteiger partial charge < -0.3 is 21.3 Å². The maximum atomic E-state index is 13.1. The zero-order valence-electron chi connectivity index (χ0n) is 24.8. The SMILES string of the molecule is C/C(N)=C/N1Cc2ccc(CNC(=O)c3cc(C(=O)NC4CCc5c4ccc(-c4nn[nH]n4)c5C)ncn3)cc2C1.O=CC=O. The van der Waals surface area contributed by atoms with Gasteiger partial charge in [0.2, 0.25) is 5.82 Å². The van der Waals surface area contributed by atoms with Crippen molar-refractivity contribution in [1.29, 1.82) is 0 Å². The Labute approximate surface area is 258 Å². The van der Waals surface area contributed by atoms with E-state index in [4.69, 9.17) is 15.3 Å². The zero-order valence-corrected chi connectivity index (χ0v) is 24.8. The minimum atomic E-state index is -0.374. The Morgan fingerprint density at radius 1 is 1.04 bits per heavy atom. The summed E-state index contributed by atoms with van der Waals surface area (Å²) < 4.78 is 0. The van der Waals surface area contributed by atoms with Crippen LogP contribution in [-0.4, -0.2) is 59.9 Å². The second-order valence-electron chi connectivity index (χ2n) is 10.7. The number of aromatic amines is 1. The van der Waals surface area contributed by atoms with Crippen LogP contribution < -0.4 is 16.4 Å². The van der Waals surface area contributed by atoms with Gasteiger partial charge in [-0.05, 0) is 65.3 Å². The van der Waals surface area contributed by atoms with Crippen LogP contribution in [0.15, 0.2) is 54.6 Å². The molecule has 2 aromatic heterocycles. The predicted molar refractivity (Wildman–Crippen MR) is 162 cm³/mol. The van der Waals surface area contributed by atoms with Crippen molar-refractivity contribution in [3.05, 3.63) is 99.4 Å². The van der Waals surface area contributed by atoms with Gasteiger partial charge in [0, 0.05) is 43.2 Å². The van der Waals surface area contributed by atoms with Crippen molar-refractivity contribution in [3.63, 3.8) is 0 Å². The first-order valence-corrected chi connectivity index (χ1v) is 14.2. The van der Waals surface area contributed by atoms with Crippen molar-refractivity contribution < 1.29 is 19.2 Å². The minimum Gasteiger partial charge on any atom is -0.401 e. The topological polar surface area (TPSA) is 202 Å². The highest BCUT2D eigenvalue weighted by Crippen LogP contribution is 2.37. The van der Waals surface area contributed by atoms with Crippen LogP contribution in [0.3, 0.4) is 0 Å². The molecule has 230 valence electrons. The van der Waals surface area contributed by atoms with E-state index in [-0.39, 0.29) is 41.8 Å². The van der Waals surface area contributed by atoms with Gasteiger partial charge >= 0.3 is 0 Å². The van der Waals surface area contributed by atoms with Crippen LogP contribution in [0.1, 0.15) is 73.7 Å². The molecule has 2 aromatic carbocycles. The third-order valence-corrected chi connectivity index (χ3v) is 7.63. The lowest BCUT2D eigenvalue weighted by molar-refractivity contribution is -0.122. The summed E-state index contributed by atoms with van der Waals surface area (Å²) >= 11 is 0. The lowest BCUT2D eigenvalue weighted by Gasteiger charge is -2.15. The summed E-state index contributed by atoms with van der Waals surface area (Å²) in [6.07, 6.45) is 5.16. The number of hydrogen-bond donors (Lipinski definition) is 4. The van der Waals surface area contributed by atoms with E-state index >= 15 is 0 Å². The summed E-state index contributed by atoms with van der Waals surface area (Å²) in [4.78, 5) is 54.0. The number of carbonyl (C=O) groups excluding carboxylic acids is 4. The molecule has 0 radical (unpaired) electrons. The van der Waals surface area contributed by atoms with Crippen LogP contribution in [0.4, 0.5) is 0 Å². The van der Waals surface area contributed by atoms with Gasteiger partial charge in [-0.15, -0.1) is 10.2 Å². The average molecular weight is 609 g/mol. The van der Waals surface area contributed by atoms with Crippen LogP contribution in [0.2, 0.25) is 0 Å². The van der Waals surface area contributed by atoms with Gasteiger partial charge in [-0.25, -0.2) is 9.97 Å². The Kier molecular flexibility index (Phi) is 9.31. The van der Waals surface area contributed by atoms with Gasteiger partial charge in [-0.3, -0.25) is 19.2 Å². The second kappa shape index (κ2) is 13.7. The Bertz CT molecular complexity index is 1760. The number of nitrogens with two attached hydrogens (primary N) is 1. The lowest BCUT2D eigenvalue weighted by Crippen LogP contribution is -2.29. The number of allylic oxidation sites excluding steroid dienone is 1. The first-order valence-electron chi connectivity index (χ1n) is 14.2. The Morgan fingerprint density at radius 3 is 2.51 bits per heavy atom. The smallest absolute Gasteiger partial charge is 0.270 e. The Morgan fingerprint density at radius 2 is 1.80 bits per heavy atom. The quantitative estimate of drug-likeness (QED) is 0.168. The second-order valence-corrected chi connectivity index (χ2v) is 10.7. The summed E-state index contributed by atoms with van der Waals surface area (Å²) in [5.74, 6) is -0.187. The molecular formula is C31H32N10O4. The fourth-order valence-corrected chi connectivity index (χ4v) is 5.62. The molecule has 3 heterocycles. The van der Waals surface area contributed by atoms with Crippen LogP contribution in [0.5, 0.6) is 0 Å². The molecule has 6 rings (SSSR count). The molecule has 5 N–H and O–H groups in total. The molecule has 1 aliphatic heterocycles. The molecule has 45 heavy (non-hydrogen) atoms. The van der Waals surface area contributed by atoms with Gasteiger partial charge in [0.25, 0.3) is 11.8 Å². The first-order chi connectivity index (χ1) is 21.8. The molecule has 1 unspecified atom stereocenters. The van der Waals surface area contributed by atoms with E-state index in [1.807, 2.05) is 38.2 Å². The fourth-order valence-electron chi connectivity index (χ4n) is 5.62. The Balaban J connectivity index is 0.000000945. The van der Waals surface area contributed by atoms with E-state index in [0.29, 0.717) is 12.4 Å². The van der Waals surface area contributed by atoms with Crippen molar-refractivity contribution in [2.24, 2.45) is 5.73 Å². The number of nitrogens with one attached hydrogen (secondary N) is 3. The van der Waals surface area contributed by atoms with Gasteiger partial charge in [0.05, 0.1) is 6.04 Å². The van der Waals surface area contributed by atoms with Crippen molar-refractivity contribution in [1.82, 2.24) is 46.1 Å². The number of aldehydes is 2. The van der Waals surface area contributed by atoms with Crippen molar-refractivity contribution >= 4 is 24.4 Å². The summed E-state index contributed by atoms with van der Waals surface area (Å²) in [5, 5.41) is 20.3. The molecule has 1 aliphatic carbocycles. The predicted octanol–water partition coefficient (Wildman–Crippen LogP) is 1.83. The van der Waals surface area contributed by atoms with Crippen LogP contribution >= 0.6 is 0 Å². The van der Waals surface area contributed by atoms with Crippen molar-refractivity contribution in [3.8, 4) is 11.4 Å². The van der Waals surface area contributed by atoms with Gasteiger partial charge in [0.1, 0.15) is 17.7 Å². The molecule has 1 atom stereocenters. The number of aromatic nitrogens is 6. The van der Waals surface area contributed by atoms with E-state index < -0.39 is 0 Å². The summed E-state index contributed by atoms with van der Waals surface area (Å²) in [5.41, 5.74) is 14.5. The molecular weight excluding hydrogens is 576 g/mol. The van der Waals surface area contributed by atoms with Crippen LogP contribution in [-0.2, 0) is 35.6 Å². The Hall–Kier alpha value is -5.79. The van der Waals surface area contributed by atoms with E-state index in [2.05, 4.69) is 58.3 Å². The number of rotatable bonds is 8. The monoisotopic (exact) mass is 608 g/mol. The number of nitrogens with zero attached hydrogens (tertiary/aromatic N) is 6. The first kappa shape index (κ1) is 30.7. The normalized spacial score (nSPS) is 14.9. The molecule has 2 aliphatic rings. The number of tetrazole rings is 1. The highest BCUT2D eigenvalue weighted by atomic mass is 16.2. The largest absolute Gasteiger partial charge is 0.401 e. The summed E-state index contributed by atoms with van der Waals surface area (Å²) in [6, 6.07) is 11.4. The lowest BCUT2D eigenvalue weighted by atomic mass is 9.97. The van der Waals surface area contributed by atoms with E-state index in [1.165, 1.54) is 29.1 Å². The number of carbonyl (C=O) groups is 4. The standard InChI is InChI=1S/C29H30N10O2.C2H2O2/c1-16(30)12-39-13-19-4-3-18(9-20(19)14-39)11-31-28(40)25-10-26(33-15-32-25)29(41)34-24-8-7-21-17(2)22(5-6-23(21)24)27-35-37-38-36-27;3-1-2-4/h3-6,9-10,12,15,24H,7-8,11,13-14,30H2,1-2H3,(H,31,40)(H,34,41)(H,35,36,37,38);1-2H/b16-12-;. The fraction of sp³-hybridized carbons (Fsp3) is 0.258. The van der Waals surface area contributed by atoms with Gasteiger partial charge in [-0.2, -0.15) is 5.21 Å². The van der Waals surface area contributed by atoms with Crippen molar-refractivity contribution in [2.45, 2.75) is 52.4 Å². The molecule has 0 saturated carbocycles. The molecule has 4 aromatic rings. The molecule has 0 spiro atoms. The molecule has 2 amide bonds. The van der Waals surface area contributed by atoms with Crippen LogP contribution in [0.25, 0.3) is 11.4 Å². The number of hydrogen-bond acceptors (Lipinski definition) is 11. The number of H-pyrrole nitrogens is 1. The highest BCUT2D eigenvalue weighted by molar-refractivity contribution is 6.09. The van der Waals surface area contributed by atoms with E-state index in [0.717, 1.165) is 53.9 Å². The van der Waals surface area contributed by atoms with E-state index in [9.17, 15) is 9.59 Å². The van der Waals surface area contributed by atoms with Gasteiger partial charge in [0.15, 0.2) is 12.6 Å². The molecule has 0 fully saturated rings. The maximum Gasteiger partial charge on any atom is 0.270 e. The molecule has 0 bridgehead atoms. The number of amides is 2. The summed E-state index contributed by atoms with van der Waals surface area (Å²) in [6.45, 7) is 5.83. The molecule has 14 nitrogen and oxygen atoms in total. The molecule has 14 heteroatoms. The number of benzene rings is 2. The minimum absolute atomic E-state index is 0.133. The zero-order chi connectivity index (χ0) is 31.9. The third-order valence-electron chi connectivity index (χ3n) is 7.63. The van der Waals surface area contributed by atoms with Crippen molar-refractivity contribution in [2.75, 3.05) is 0 Å². The molecule has 0 saturated heterocycles. The third kappa shape index (κ3) is 7.06. The van der Waals surface area contributed by atoms with Gasteiger partial charge in [-0.1, -0.05) is 30.3 Å². The maximum absolute atomic E-state index is 13.1. The summed E-state index contributed by atoms with van der Waals surface area (Å²) in [7, 11) is 0.